The maximum Gasteiger partial charge on any atom is 0.263 e. The fourth-order valence-electron chi connectivity index (χ4n) is 2.00. The van der Waals surface area contributed by atoms with Gasteiger partial charge in [-0.15, -0.1) is 11.3 Å². The molecule has 0 aliphatic carbocycles. The molecule has 3 aromatic rings. The number of carbonyl (C=O) groups excluding carboxylic acids is 1. The zero-order chi connectivity index (χ0) is 14.7. The Balaban J connectivity index is 1.64. The number of hydrogen-bond acceptors (Lipinski definition) is 4. The number of thiophene rings is 1. The van der Waals surface area contributed by atoms with Crippen LogP contribution in [0, 0.1) is 6.92 Å². The lowest BCUT2D eigenvalue weighted by molar-refractivity contribution is 0.0957. The molecule has 0 spiro atoms. The van der Waals surface area contributed by atoms with Crippen LogP contribution in [0.1, 0.15) is 20.2 Å². The van der Waals surface area contributed by atoms with Crippen molar-refractivity contribution in [2.45, 2.75) is 13.3 Å². The zero-order valence-corrected chi connectivity index (χ0v) is 13.2. The number of aromatic nitrogens is 2. The van der Waals surface area contributed by atoms with Crippen molar-refractivity contribution in [3.05, 3.63) is 57.5 Å². The van der Waals surface area contributed by atoms with Crippen LogP contribution in [-0.4, -0.2) is 22.0 Å². The van der Waals surface area contributed by atoms with Crippen molar-refractivity contribution in [1.82, 2.24) is 14.9 Å². The van der Waals surface area contributed by atoms with Gasteiger partial charge < -0.3 is 9.88 Å². The number of thiazole rings is 1. The minimum absolute atomic E-state index is 0.0417. The van der Waals surface area contributed by atoms with Crippen molar-refractivity contribution in [2.24, 2.45) is 0 Å². The van der Waals surface area contributed by atoms with Gasteiger partial charge in [-0.25, -0.2) is 4.98 Å². The van der Waals surface area contributed by atoms with Crippen molar-refractivity contribution in [3.63, 3.8) is 0 Å². The highest BCUT2D eigenvalue weighted by Crippen LogP contribution is 2.21. The monoisotopic (exact) mass is 317 g/mol. The van der Waals surface area contributed by atoms with E-state index in [1.54, 1.807) is 11.3 Å². The Morgan fingerprint density at radius 3 is 2.86 bits per heavy atom. The van der Waals surface area contributed by atoms with E-state index in [0.29, 0.717) is 11.4 Å². The van der Waals surface area contributed by atoms with Gasteiger partial charge in [0.1, 0.15) is 4.88 Å². The summed E-state index contributed by atoms with van der Waals surface area (Å²) in [5.74, 6) is -0.0417. The molecule has 0 aromatic carbocycles. The second kappa shape index (κ2) is 6.24. The van der Waals surface area contributed by atoms with Gasteiger partial charge in [-0.1, -0.05) is 17.4 Å². The first-order chi connectivity index (χ1) is 10.2. The lowest BCUT2D eigenvalue weighted by atomic mass is 10.3. The molecule has 3 rings (SSSR count). The van der Waals surface area contributed by atoms with E-state index < -0.39 is 0 Å². The summed E-state index contributed by atoms with van der Waals surface area (Å²) in [7, 11) is 0. The summed E-state index contributed by atoms with van der Waals surface area (Å²) in [5, 5.41) is 5.84. The van der Waals surface area contributed by atoms with Gasteiger partial charge in [0, 0.05) is 23.8 Å². The van der Waals surface area contributed by atoms with Crippen LogP contribution < -0.4 is 5.32 Å². The van der Waals surface area contributed by atoms with Crippen molar-refractivity contribution < 1.29 is 4.79 Å². The summed E-state index contributed by atoms with van der Waals surface area (Å²) in [6, 6.07) is 7.99. The second-order valence-electron chi connectivity index (χ2n) is 4.59. The van der Waals surface area contributed by atoms with Crippen molar-refractivity contribution in [2.75, 3.05) is 6.54 Å². The molecule has 0 unspecified atom stereocenters. The normalized spacial score (nSPS) is 10.7. The molecule has 1 amide bonds. The van der Waals surface area contributed by atoms with Gasteiger partial charge in [-0.3, -0.25) is 4.79 Å². The molecule has 0 saturated carbocycles. The Labute approximate surface area is 131 Å². The molecule has 0 radical (unpaired) electrons. The maximum absolute atomic E-state index is 12.2. The average molecular weight is 317 g/mol. The molecule has 108 valence electrons. The standard InChI is InChI=1S/C15H15N3OS2/c1-11-13(21-15(17-11)18-8-2-3-9-18)14(19)16-7-6-12-5-4-10-20-12/h2-5,8-10H,6-7H2,1H3,(H,16,19). The Morgan fingerprint density at radius 2 is 2.14 bits per heavy atom. The van der Waals surface area contributed by atoms with Crippen molar-refractivity contribution in [3.8, 4) is 5.13 Å². The van der Waals surface area contributed by atoms with E-state index >= 15 is 0 Å². The van der Waals surface area contributed by atoms with E-state index in [1.165, 1.54) is 16.2 Å². The summed E-state index contributed by atoms with van der Waals surface area (Å²) in [6.07, 6.45) is 4.72. The van der Waals surface area contributed by atoms with Crippen LogP contribution in [0.5, 0.6) is 0 Å². The van der Waals surface area contributed by atoms with E-state index in [4.69, 9.17) is 0 Å². The number of nitrogens with one attached hydrogen (secondary N) is 1. The smallest absolute Gasteiger partial charge is 0.263 e. The first-order valence-electron chi connectivity index (χ1n) is 6.65. The molecule has 1 N–H and O–H groups in total. The third-order valence-electron chi connectivity index (χ3n) is 3.05. The first kappa shape index (κ1) is 14.0. The van der Waals surface area contributed by atoms with Gasteiger partial charge in [0.25, 0.3) is 5.91 Å². The van der Waals surface area contributed by atoms with E-state index in [2.05, 4.69) is 16.4 Å². The Hall–Kier alpha value is -1.92. The lowest BCUT2D eigenvalue weighted by Crippen LogP contribution is -2.25. The molecular weight excluding hydrogens is 302 g/mol. The average Bonchev–Trinajstić information content (AvgIpc) is 3.19. The zero-order valence-electron chi connectivity index (χ0n) is 11.6. The highest BCUT2D eigenvalue weighted by molar-refractivity contribution is 7.16. The van der Waals surface area contributed by atoms with Crippen LogP contribution in [-0.2, 0) is 6.42 Å². The Kier molecular flexibility index (Phi) is 4.17. The molecule has 3 aromatic heterocycles. The highest BCUT2D eigenvalue weighted by Gasteiger charge is 2.15. The number of nitrogens with zero attached hydrogens (tertiary/aromatic N) is 2. The van der Waals surface area contributed by atoms with E-state index in [-0.39, 0.29) is 5.91 Å². The molecule has 0 aliphatic rings. The third kappa shape index (κ3) is 3.22. The summed E-state index contributed by atoms with van der Waals surface area (Å²) in [6.45, 7) is 2.52. The van der Waals surface area contributed by atoms with E-state index in [9.17, 15) is 4.79 Å². The molecule has 3 heterocycles. The predicted octanol–water partition coefficient (Wildman–Crippen LogP) is 3.28. The molecule has 0 fully saturated rings. The van der Waals surface area contributed by atoms with Crippen molar-refractivity contribution >= 4 is 28.6 Å². The summed E-state index contributed by atoms with van der Waals surface area (Å²) >= 11 is 3.13. The summed E-state index contributed by atoms with van der Waals surface area (Å²) in [5.41, 5.74) is 0.775. The van der Waals surface area contributed by atoms with Gasteiger partial charge in [0.2, 0.25) is 0 Å². The van der Waals surface area contributed by atoms with Crippen LogP contribution in [0.4, 0.5) is 0 Å². The molecule has 0 bridgehead atoms. The lowest BCUT2D eigenvalue weighted by Gasteiger charge is -2.02. The van der Waals surface area contributed by atoms with Gasteiger partial charge >= 0.3 is 0 Å². The molecule has 0 aliphatic heterocycles. The van der Waals surface area contributed by atoms with Crippen LogP contribution in [0.15, 0.2) is 42.0 Å². The number of hydrogen-bond donors (Lipinski definition) is 1. The van der Waals surface area contributed by atoms with Crippen LogP contribution in [0.25, 0.3) is 5.13 Å². The van der Waals surface area contributed by atoms with Gasteiger partial charge in [-0.2, -0.15) is 0 Å². The first-order valence-corrected chi connectivity index (χ1v) is 8.35. The Morgan fingerprint density at radius 1 is 1.33 bits per heavy atom. The van der Waals surface area contributed by atoms with E-state index in [1.807, 2.05) is 47.5 Å². The summed E-state index contributed by atoms with van der Waals surface area (Å²) in [4.78, 5) is 18.7. The predicted molar refractivity (Wildman–Crippen MR) is 86.5 cm³/mol. The van der Waals surface area contributed by atoms with Crippen molar-refractivity contribution in [1.29, 1.82) is 0 Å². The molecule has 6 heteroatoms. The quantitative estimate of drug-likeness (QED) is 0.785. The Bertz CT molecular complexity index is 714. The highest BCUT2D eigenvalue weighted by atomic mass is 32.1. The third-order valence-corrected chi connectivity index (χ3v) is 5.16. The second-order valence-corrected chi connectivity index (χ2v) is 6.60. The number of aryl methyl sites for hydroxylation is 1. The topological polar surface area (TPSA) is 46.9 Å². The summed E-state index contributed by atoms with van der Waals surface area (Å²) < 4.78 is 1.92. The van der Waals surface area contributed by atoms with Gasteiger partial charge in [0.15, 0.2) is 5.13 Å². The number of carbonyl (C=O) groups is 1. The fraction of sp³-hybridized carbons (Fsp3) is 0.200. The molecule has 4 nitrogen and oxygen atoms in total. The van der Waals surface area contributed by atoms with Crippen LogP contribution in [0.3, 0.4) is 0 Å². The fourth-order valence-corrected chi connectivity index (χ4v) is 3.66. The molecule has 0 saturated heterocycles. The molecular formula is C15H15N3OS2. The number of rotatable bonds is 5. The van der Waals surface area contributed by atoms with Crippen LogP contribution >= 0.6 is 22.7 Å². The van der Waals surface area contributed by atoms with Gasteiger partial charge in [-0.05, 0) is 36.9 Å². The molecule has 21 heavy (non-hydrogen) atoms. The largest absolute Gasteiger partial charge is 0.351 e. The van der Waals surface area contributed by atoms with Gasteiger partial charge in [0.05, 0.1) is 5.69 Å². The molecule has 0 atom stereocenters. The van der Waals surface area contributed by atoms with Crippen LogP contribution in [0.2, 0.25) is 0 Å². The van der Waals surface area contributed by atoms with E-state index in [0.717, 1.165) is 17.2 Å². The minimum atomic E-state index is -0.0417. The number of amides is 1. The SMILES string of the molecule is Cc1nc(-n2cccc2)sc1C(=O)NCCc1cccs1. The maximum atomic E-state index is 12.2. The minimum Gasteiger partial charge on any atom is -0.351 e.